The summed E-state index contributed by atoms with van der Waals surface area (Å²) < 4.78 is 43.6. The van der Waals surface area contributed by atoms with E-state index in [9.17, 15) is 18.0 Å². The molecule has 0 spiro atoms. The van der Waals surface area contributed by atoms with E-state index in [2.05, 4.69) is 19.2 Å². The largest absolute Gasteiger partial charge is 0.461 e. The summed E-state index contributed by atoms with van der Waals surface area (Å²) in [6, 6.07) is 12.7. The second-order valence-electron chi connectivity index (χ2n) is 7.69. The van der Waals surface area contributed by atoms with E-state index in [0.717, 1.165) is 12.5 Å². The molecule has 0 aliphatic heterocycles. The van der Waals surface area contributed by atoms with Crippen LogP contribution in [0.5, 0.6) is 0 Å². The van der Waals surface area contributed by atoms with Crippen LogP contribution < -0.4 is 5.32 Å². The molecule has 0 saturated heterocycles. The van der Waals surface area contributed by atoms with Crippen molar-refractivity contribution >= 4 is 5.97 Å². The monoisotopic (exact) mass is 407 g/mol. The van der Waals surface area contributed by atoms with Crippen LogP contribution in [0.2, 0.25) is 0 Å². The molecule has 2 aromatic rings. The van der Waals surface area contributed by atoms with Crippen molar-refractivity contribution in [2.45, 2.75) is 45.8 Å². The normalized spacial score (nSPS) is 12.8. The molecule has 2 aromatic carbocycles. The molecule has 1 atom stereocenters. The fourth-order valence-electron chi connectivity index (χ4n) is 3.08. The molecule has 0 fully saturated rings. The lowest BCUT2D eigenvalue weighted by Crippen LogP contribution is -2.31. The van der Waals surface area contributed by atoms with E-state index in [1.54, 1.807) is 18.2 Å². The molecule has 6 heteroatoms. The van der Waals surface area contributed by atoms with Crippen molar-refractivity contribution in [2.24, 2.45) is 5.92 Å². The maximum atomic E-state index is 12.8. The summed E-state index contributed by atoms with van der Waals surface area (Å²) >= 11 is 0. The zero-order chi connectivity index (χ0) is 21.4. The number of alkyl halides is 3. The van der Waals surface area contributed by atoms with Crippen LogP contribution in [0.4, 0.5) is 13.2 Å². The van der Waals surface area contributed by atoms with Crippen molar-refractivity contribution in [1.82, 2.24) is 5.32 Å². The van der Waals surface area contributed by atoms with Gasteiger partial charge in [-0.05, 0) is 55.0 Å². The smallest absolute Gasteiger partial charge is 0.416 e. The van der Waals surface area contributed by atoms with E-state index >= 15 is 0 Å². The van der Waals surface area contributed by atoms with Crippen LogP contribution in [0.3, 0.4) is 0 Å². The SMILES string of the molecule is CC(C)Cc1ccc(C(=O)OCCNC(C)Cc2cccc(C(F)(F)F)c2)cc1. The Morgan fingerprint density at radius 1 is 1.00 bits per heavy atom. The second-order valence-corrected chi connectivity index (χ2v) is 7.69. The number of hydrogen-bond acceptors (Lipinski definition) is 3. The van der Waals surface area contributed by atoms with E-state index in [0.29, 0.717) is 30.0 Å². The number of esters is 1. The first-order valence-corrected chi connectivity index (χ1v) is 9.80. The van der Waals surface area contributed by atoms with Gasteiger partial charge in [0, 0.05) is 12.6 Å². The molecule has 158 valence electrons. The molecule has 0 saturated carbocycles. The minimum absolute atomic E-state index is 0.0486. The quantitative estimate of drug-likeness (QED) is 0.454. The summed E-state index contributed by atoms with van der Waals surface area (Å²) in [6.45, 7) is 6.79. The van der Waals surface area contributed by atoms with Crippen molar-refractivity contribution in [3.05, 3.63) is 70.8 Å². The summed E-state index contributed by atoms with van der Waals surface area (Å²) in [4.78, 5) is 12.1. The Balaban J connectivity index is 1.73. The summed E-state index contributed by atoms with van der Waals surface area (Å²) in [5, 5.41) is 3.17. The first-order valence-electron chi connectivity index (χ1n) is 9.80. The van der Waals surface area contributed by atoms with Crippen molar-refractivity contribution in [1.29, 1.82) is 0 Å². The maximum Gasteiger partial charge on any atom is 0.416 e. The van der Waals surface area contributed by atoms with Gasteiger partial charge in [0.2, 0.25) is 0 Å². The molecule has 0 radical (unpaired) electrons. The Hall–Kier alpha value is -2.34. The summed E-state index contributed by atoms with van der Waals surface area (Å²) in [7, 11) is 0. The molecular formula is C23H28F3NO2. The molecule has 1 unspecified atom stereocenters. The van der Waals surface area contributed by atoms with E-state index in [-0.39, 0.29) is 18.6 Å². The Kier molecular flexibility index (Phi) is 8.26. The summed E-state index contributed by atoms with van der Waals surface area (Å²) in [6.07, 6.45) is -2.92. The topological polar surface area (TPSA) is 38.3 Å². The molecule has 0 heterocycles. The fourth-order valence-corrected chi connectivity index (χ4v) is 3.08. The average molecular weight is 407 g/mol. The van der Waals surface area contributed by atoms with Crippen molar-refractivity contribution < 1.29 is 22.7 Å². The van der Waals surface area contributed by atoms with Crippen molar-refractivity contribution in [3.63, 3.8) is 0 Å². The van der Waals surface area contributed by atoms with Gasteiger partial charge in [-0.2, -0.15) is 13.2 Å². The molecule has 0 amide bonds. The number of rotatable bonds is 9. The predicted molar refractivity (Wildman–Crippen MR) is 108 cm³/mol. The summed E-state index contributed by atoms with van der Waals surface area (Å²) in [5.41, 5.74) is 1.66. The standard InChI is InChI=1S/C23H28F3NO2/c1-16(2)13-18-7-9-20(10-8-18)22(28)29-12-11-27-17(3)14-19-5-4-6-21(15-19)23(24,25)26/h4-10,15-17,27H,11-14H2,1-3H3. The lowest BCUT2D eigenvalue weighted by atomic mass is 10.0. The fraction of sp³-hybridized carbons (Fsp3) is 0.435. The zero-order valence-corrected chi connectivity index (χ0v) is 17.1. The Morgan fingerprint density at radius 2 is 1.69 bits per heavy atom. The third-order valence-corrected chi connectivity index (χ3v) is 4.46. The van der Waals surface area contributed by atoms with Crippen LogP contribution in [-0.2, 0) is 23.8 Å². The van der Waals surface area contributed by atoms with Gasteiger partial charge in [-0.25, -0.2) is 4.79 Å². The molecule has 2 rings (SSSR count). The van der Waals surface area contributed by atoms with E-state index < -0.39 is 11.7 Å². The van der Waals surface area contributed by atoms with Gasteiger partial charge in [0.25, 0.3) is 0 Å². The Labute approximate surface area is 170 Å². The van der Waals surface area contributed by atoms with Crippen LogP contribution in [0.1, 0.15) is 47.8 Å². The number of nitrogens with one attached hydrogen (secondary N) is 1. The van der Waals surface area contributed by atoms with Gasteiger partial charge in [-0.15, -0.1) is 0 Å². The third kappa shape index (κ3) is 7.89. The molecule has 1 N–H and O–H groups in total. The van der Waals surface area contributed by atoms with Crippen LogP contribution in [0.15, 0.2) is 48.5 Å². The number of halogens is 3. The summed E-state index contributed by atoms with van der Waals surface area (Å²) in [5.74, 6) is 0.172. The molecular weight excluding hydrogens is 379 g/mol. The highest BCUT2D eigenvalue weighted by Gasteiger charge is 2.30. The lowest BCUT2D eigenvalue weighted by Gasteiger charge is -2.15. The van der Waals surface area contributed by atoms with Gasteiger partial charge < -0.3 is 10.1 Å². The number of hydrogen-bond donors (Lipinski definition) is 1. The molecule has 3 nitrogen and oxygen atoms in total. The highest BCUT2D eigenvalue weighted by atomic mass is 19.4. The lowest BCUT2D eigenvalue weighted by molar-refractivity contribution is -0.137. The first-order chi connectivity index (χ1) is 13.6. The maximum absolute atomic E-state index is 12.8. The second kappa shape index (κ2) is 10.4. The molecule has 0 aliphatic rings. The van der Waals surface area contributed by atoms with Crippen LogP contribution in [0.25, 0.3) is 0 Å². The number of carbonyl (C=O) groups excluding carboxylic acids is 1. The predicted octanol–water partition coefficient (Wildman–Crippen LogP) is 5.28. The van der Waals surface area contributed by atoms with Crippen LogP contribution in [0, 0.1) is 5.92 Å². The van der Waals surface area contributed by atoms with E-state index in [1.165, 1.54) is 17.7 Å². The minimum atomic E-state index is -4.34. The number of carbonyl (C=O) groups is 1. The van der Waals surface area contributed by atoms with Crippen molar-refractivity contribution in [2.75, 3.05) is 13.2 Å². The third-order valence-electron chi connectivity index (χ3n) is 4.46. The molecule has 0 bridgehead atoms. The number of ether oxygens (including phenoxy) is 1. The highest BCUT2D eigenvalue weighted by molar-refractivity contribution is 5.89. The van der Waals surface area contributed by atoms with Gasteiger partial charge in [-0.1, -0.05) is 44.2 Å². The Bertz CT molecular complexity index is 785. The average Bonchev–Trinajstić information content (AvgIpc) is 2.65. The van der Waals surface area contributed by atoms with Crippen LogP contribution in [-0.4, -0.2) is 25.2 Å². The number of benzene rings is 2. The van der Waals surface area contributed by atoms with E-state index in [1.807, 2.05) is 19.1 Å². The van der Waals surface area contributed by atoms with Gasteiger partial charge in [0.1, 0.15) is 6.61 Å². The Morgan fingerprint density at radius 3 is 2.31 bits per heavy atom. The van der Waals surface area contributed by atoms with Gasteiger partial charge in [0.05, 0.1) is 11.1 Å². The highest BCUT2D eigenvalue weighted by Crippen LogP contribution is 2.29. The van der Waals surface area contributed by atoms with Crippen LogP contribution >= 0.6 is 0 Å². The first kappa shape index (κ1) is 22.9. The molecule has 29 heavy (non-hydrogen) atoms. The van der Waals surface area contributed by atoms with Gasteiger partial charge >= 0.3 is 12.1 Å². The minimum Gasteiger partial charge on any atom is -0.461 e. The van der Waals surface area contributed by atoms with Gasteiger partial charge in [0.15, 0.2) is 0 Å². The van der Waals surface area contributed by atoms with Gasteiger partial charge in [-0.3, -0.25) is 0 Å². The van der Waals surface area contributed by atoms with Crippen molar-refractivity contribution in [3.8, 4) is 0 Å². The van der Waals surface area contributed by atoms with E-state index in [4.69, 9.17) is 4.74 Å². The molecule has 0 aliphatic carbocycles. The zero-order valence-electron chi connectivity index (χ0n) is 17.1. The molecule has 0 aromatic heterocycles.